The van der Waals surface area contributed by atoms with Crippen molar-refractivity contribution < 1.29 is 18.9 Å². The molecule has 2 aliphatic heterocycles. The van der Waals surface area contributed by atoms with Crippen LogP contribution in [0.2, 0.25) is 0 Å². The van der Waals surface area contributed by atoms with Crippen LogP contribution in [0.3, 0.4) is 0 Å². The van der Waals surface area contributed by atoms with Gasteiger partial charge in [0.25, 0.3) is 0 Å². The van der Waals surface area contributed by atoms with Crippen molar-refractivity contribution >= 4 is 0 Å². The third-order valence-electron chi connectivity index (χ3n) is 5.56. The minimum Gasteiger partial charge on any atom is -0.353 e. The number of hydrogen-bond donors (Lipinski definition) is 0. The number of ether oxygens (including phenoxy) is 4. The van der Waals surface area contributed by atoms with Gasteiger partial charge in [0.2, 0.25) is 4.91 Å². The number of rotatable bonds is 12. The zero-order valence-electron chi connectivity index (χ0n) is 23.4. The van der Waals surface area contributed by atoms with Crippen LogP contribution in [0.25, 0.3) is 0 Å². The molecule has 0 aromatic heterocycles. The molecule has 0 aromatic carbocycles. The van der Waals surface area contributed by atoms with Gasteiger partial charge in [0.15, 0.2) is 12.6 Å². The van der Waals surface area contributed by atoms with Crippen molar-refractivity contribution in [3.05, 3.63) is 0 Å². The Kier molecular flexibility index (Phi) is 16.9. The van der Waals surface area contributed by atoms with Crippen molar-refractivity contribution in [1.82, 2.24) is 4.91 Å². The maximum Gasteiger partial charge on any atom is 0.217 e. The highest BCUT2D eigenvalue weighted by molar-refractivity contribution is 4.69. The van der Waals surface area contributed by atoms with E-state index in [0.29, 0.717) is 31.3 Å². The second kappa shape index (κ2) is 18.4. The van der Waals surface area contributed by atoms with Crippen LogP contribution in [-0.4, -0.2) is 50.1 Å². The zero-order chi connectivity index (χ0) is 25.3. The van der Waals surface area contributed by atoms with Gasteiger partial charge in [-0.15, -0.1) is 0 Å². The Balaban J connectivity index is 0.000000362. The maximum absolute atomic E-state index is 5.96. The Hall–Kier alpha value is -0.850. The van der Waals surface area contributed by atoms with Crippen LogP contribution in [0, 0.1) is 11.8 Å². The Labute approximate surface area is 209 Å². The van der Waals surface area contributed by atoms with Crippen LogP contribution in [0.15, 0.2) is 10.2 Å². The molecule has 2 saturated heterocycles. The third-order valence-corrected chi connectivity index (χ3v) is 5.56. The molecule has 0 bridgehead atoms. The average Bonchev–Trinajstić information content (AvgIpc) is 2.72. The summed E-state index contributed by atoms with van der Waals surface area (Å²) in [7, 11) is 0. The fraction of sp³-hybridized carbons (Fsp3) is 1.00. The molecule has 2 aliphatic rings. The normalized spacial score (nSPS) is 25.3. The Morgan fingerprint density at radius 3 is 1.88 bits per heavy atom. The largest absolute Gasteiger partial charge is 0.353 e. The van der Waals surface area contributed by atoms with E-state index in [-0.39, 0.29) is 24.7 Å². The minimum absolute atomic E-state index is 0.0233. The third kappa shape index (κ3) is 16.7. The number of nitrogens with zero attached hydrogens (tertiary/aromatic N) is 3. The van der Waals surface area contributed by atoms with E-state index in [4.69, 9.17) is 18.9 Å². The first-order valence-electron chi connectivity index (χ1n) is 13.8. The monoisotopic (exact) mass is 484 g/mol. The first-order chi connectivity index (χ1) is 16.2. The van der Waals surface area contributed by atoms with Gasteiger partial charge in [0, 0.05) is 0 Å². The molecule has 7 heteroatoms. The predicted octanol–water partition coefficient (Wildman–Crippen LogP) is 7.07. The molecule has 34 heavy (non-hydrogen) atoms. The van der Waals surface area contributed by atoms with E-state index in [1.54, 1.807) is 0 Å². The topological polar surface area (TPSA) is 75.7 Å². The van der Waals surface area contributed by atoms with Gasteiger partial charge in [-0.1, -0.05) is 27.7 Å². The van der Waals surface area contributed by atoms with Crippen LogP contribution in [0.5, 0.6) is 0 Å². The van der Waals surface area contributed by atoms with E-state index in [2.05, 4.69) is 56.7 Å². The molecule has 4 unspecified atom stereocenters. The second-order valence-corrected chi connectivity index (χ2v) is 11.1. The molecule has 4 atom stereocenters. The van der Waals surface area contributed by atoms with E-state index < -0.39 is 0 Å². The van der Waals surface area contributed by atoms with Crippen molar-refractivity contribution in [1.29, 1.82) is 0 Å². The van der Waals surface area contributed by atoms with Gasteiger partial charge < -0.3 is 18.9 Å². The molecular weight excluding hydrogens is 430 g/mol. The van der Waals surface area contributed by atoms with Gasteiger partial charge in [-0.2, -0.15) is 0 Å². The van der Waals surface area contributed by atoms with Crippen molar-refractivity contribution in [3.8, 4) is 0 Å². The smallest absolute Gasteiger partial charge is 0.217 e. The quantitative estimate of drug-likeness (QED) is 0.169. The molecule has 0 saturated carbocycles. The highest BCUT2D eigenvalue weighted by atomic mass is 16.7. The summed E-state index contributed by atoms with van der Waals surface area (Å²) < 4.78 is 23.3. The summed E-state index contributed by atoms with van der Waals surface area (Å²) in [6.45, 7) is 18.4. The van der Waals surface area contributed by atoms with Gasteiger partial charge in [-0.3, -0.25) is 0 Å². The van der Waals surface area contributed by atoms with E-state index in [1.165, 1.54) is 25.7 Å². The molecule has 2 fully saturated rings. The SMILES string of the molecule is CC(C)CC1CCCC(OC(C)C)O1.CC(C)CC1CCCC(OCCCN=[N+]=NC(C)C)O1. The van der Waals surface area contributed by atoms with Gasteiger partial charge in [0.1, 0.15) is 22.8 Å². The molecule has 7 nitrogen and oxygen atoms in total. The van der Waals surface area contributed by atoms with Crippen molar-refractivity contribution in [2.45, 2.75) is 150 Å². The van der Waals surface area contributed by atoms with Crippen LogP contribution in [0.1, 0.15) is 113 Å². The fourth-order valence-corrected chi connectivity index (χ4v) is 4.19. The Bertz CT molecular complexity index is 546. The summed E-state index contributed by atoms with van der Waals surface area (Å²) in [6.07, 6.45) is 11.2. The van der Waals surface area contributed by atoms with E-state index in [0.717, 1.165) is 38.0 Å². The predicted molar refractivity (Wildman–Crippen MR) is 138 cm³/mol. The average molecular weight is 485 g/mol. The molecular formula is C27H54N3O4+. The fourth-order valence-electron chi connectivity index (χ4n) is 4.19. The summed E-state index contributed by atoms with van der Waals surface area (Å²) >= 11 is 0. The van der Waals surface area contributed by atoms with Crippen molar-refractivity contribution in [2.75, 3.05) is 13.2 Å². The first kappa shape index (κ1) is 31.2. The van der Waals surface area contributed by atoms with E-state index >= 15 is 0 Å². The van der Waals surface area contributed by atoms with E-state index in [1.807, 2.05) is 13.8 Å². The highest BCUT2D eigenvalue weighted by Gasteiger charge is 2.24. The van der Waals surface area contributed by atoms with Crippen molar-refractivity contribution in [3.63, 3.8) is 0 Å². The lowest BCUT2D eigenvalue weighted by molar-refractivity contribution is -0.211. The summed E-state index contributed by atoms with van der Waals surface area (Å²) in [6, 6.07) is 0.212. The molecule has 0 aromatic rings. The van der Waals surface area contributed by atoms with Crippen molar-refractivity contribution in [2.24, 2.45) is 22.1 Å². The lowest BCUT2D eigenvalue weighted by Crippen LogP contribution is -2.32. The first-order valence-corrected chi connectivity index (χ1v) is 13.8. The summed E-state index contributed by atoms with van der Waals surface area (Å²) in [5.41, 5.74) is 0. The summed E-state index contributed by atoms with van der Waals surface area (Å²) in [5.74, 6) is 1.40. The molecule has 2 rings (SSSR count). The summed E-state index contributed by atoms with van der Waals surface area (Å²) in [5, 5.41) is 7.93. The number of hydrogen-bond acceptors (Lipinski definition) is 6. The van der Waals surface area contributed by atoms with Gasteiger partial charge in [0.05, 0.1) is 24.9 Å². The van der Waals surface area contributed by atoms with E-state index in [9.17, 15) is 0 Å². The van der Waals surface area contributed by atoms with Crippen LogP contribution in [-0.2, 0) is 18.9 Å². The molecule has 0 amide bonds. The van der Waals surface area contributed by atoms with Crippen LogP contribution in [0.4, 0.5) is 0 Å². The standard InChI is InChI=1S/C15H30N3O2.C12H24O2/c1-12(2)11-14-7-5-8-15(20-14)19-10-6-9-16-18-17-13(3)4;1-9(2)8-11-6-5-7-12(14-11)13-10(3)4/h12-15H,5-11H2,1-4H3;9-12H,5-8H2,1-4H3/q+1;. The van der Waals surface area contributed by atoms with Gasteiger partial charge in [-0.05, 0) is 97.3 Å². The summed E-state index contributed by atoms with van der Waals surface area (Å²) in [4.78, 5) is 3.76. The van der Waals surface area contributed by atoms with Gasteiger partial charge >= 0.3 is 0 Å². The Morgan fingerprint density at radius 1 is 0.794 bits per heavy atom. The minimum atomic E-state index is -0.0233. The molecule has 0 spiro atoms. The molecule has 0 aliphatic carbocycles. The van der Waals surface area contributed by atoms with Gasteiger partial charge in [-0.25, -0.2) is 0 Å². The molecule has 0 radical (unpaired) electrons. The lowest BCUT2D eigenvalue weighted by atomic mass is 9.99. The molecule has 0 N–H and O–H groups in total. The second-order valence-electron chi connectivity index (χ2n) is 11.1. The molecule has 200 valence electrons. The zero-order valence-corrected chi connectivity index (χ0v) is 23.4. The highest BCUT2D eigenvalue weighted by Crippen LogP contribution is 2.25. The maximum atomic E-state index is 5.96. The van der Waals surface area contributed by atoms with Crippen LogP contribution < -0.4 is 4.91 Å². The Morgan fingerprint density at radius 2 is 1.35 bits per heavy atom. The molecule has 2 heterocycles. The van der Waals surface area contributed by atoms with Crippen LogP contribution >= 0.6 is 0 Å². The lowest BCUT2D eigenvalue weighted by Gasteiger charge is -2.31.